The quantitative estimate of drug-likeness (QED) is 0.825. The van der Waals surface area contributed by atoms with E-state index in [0.29, 0.717) is 13.1 Å². The smallest absolute Gasteiger partial charge is 0.221 e. The number of anilines is 1. The number of hydrogen-bond donors (Lipinski definition) is 2. The highest BCUT2D eigenvalue weighted by molar-refractivity contribution is 5.76. The van der Waals surface area contributed by atoms with Gasteiger partial charge >= 0.3 is 0 Å². The third kappa shape index (κ3) is 4.67. The molecule has 116 valence electrons. The molecule has 0 aromatic carbocycles. The Balaban J connectivity index is 2.01. The van der Waals surface area contributed by atoms with Gasteiger partial charge in [0.15, 0.2) is 0 Å². The van der Waals surface area contributed by atoms with Crippen LogP contribution >= 0.6 is 0 Å². The molecule has 6 heteroatoms. The third-order valence-corrected chi connectivity index (χ3v) is 3.73. The average molecular weight is 291 g/mol. The van der Waals surface area contributed by atoms with Gasteiger partial charge in [-0.15, -0.1) is 0 Å². The first kappa shape index (κ1) is 15.7. The van der Waals surface area contributed by atoms with Crippen LogP contribution in [-0.2, 0) is 11.3 Å². The lowest BCUT2D eigenvalue weighted by Crippen LogP contribution is -2.41. The number of rotatable bonds is 6. The summed E-state index contributed by atoms with van der Waals surface area (Å²) in [5.41, 5.74) is 6.38. The summed E-state index contributed by atoms with van der Waals surface area (Å²) in [6, 6.07) is 1.96. The van der Waals surface area contributed by atoms with Gasteiger partial charge in [-0.2, -0.15) is 0 Å². The second kappa shape index (κ2) is 7.36. The fourth-order valence-electron chi connectivity index (χ4n) is 2.68. The van der Waals surface area contributed by atoms with E-state index < -0.39 is 0 Å². The minimum atomic E-state index is -0.199. The number of aromatic nitrogens is 2. The molecule has 2 heterocycles. The Bertz CT molecular complexity index is 491. The lowest BCUT2D eigenvalue weighted by molar-refractivity contribution is -0.123. The standard InChI is InChI=1S/C15H25N5O/c1-3-6-17-13-8-11(2)18-14(19-13)10-20-7-4-5-12(9-20)15(16)21/h8,12H,3-7,9-10H2,1-2H3,(H2,16,21)(H,17,18,19). The van der Waals surface area contributed by atoms with Gasteiger partial charge in [0, 0.05) is 24.8 Å². The van der Waals surface area contributed by atoms with Crippen LogP contribution in [0.25, 0.3) is 0 Å². The van der Waals surface area contributed by atoms with Gasteiger partial charge in [0.1, 0.15) is 11.6 Å². The number of carbonyl (C=O) groups is 1. The largest absolute Gasteiger partial charge is 0.370 e. The number of hydrogen-bond acceptors (Lipinski definition) is 5. The van der Waals surface area contributed by atoms with Crippen molar-refractivity contribution in [3.8, 4) is 0 Å². The number of piperidine rings is 1. The van der Waals surface area contributed by atoms with E-state index in [1.54, 1.807) is 0 Å². The van der Waals surface area contributed by atoms with Crippen LogP contribution in [0.5, 0.6) is 0 Å². The van der Waals surface area contributed by atoms with E-state index in [2.05, 4.69) is 27.1 Å². The summed E-state index contributed by atoms with van der Waals surface area (Å²) >= 11 is 0. The molecule has 0 spiro atoms. The molecule has 6 nitrogen and oxygen atoms in total. The van der Waals surface area contributed by atoms with Gasteiger partial charge in [0.2, 0.25) is 5.91 Å². The number of nitrogens with one attached hydrogen (secondary N) is 1. The molecule has 0 saturated carbocycles. The minimum absolute atomic E-state index is 0.0405. The van der Waals surface area contributed by atoms with E-state index in [9.17, 15) is 4.79 Å². The molecule has 0 aliphatic carbocycles. The molecule has 1 aliphatic heterocycles. The Labute approximate surface area is 126 Å². The topological polar surface area (TPSA) is 84.1 Å². The lowest BCUT2D eigenvalue weighted by Gasteiger charge is -2.30. The lowest BCUT2D eigenvalue weighted by atomic mass is 9.97. The molecule has 1 saturated heterocycles. The summed E-state index contributed by atoms with van der Waals surface area (Å²) in [6.07, 6.45) is 2.95. The molecule has 1 unspecified atom stereocenters. The molecule has 0 radical (unpaired) electrons. The highest BCUT2D eigenvalue weighted by Crippen LogP contribution is 2.18. The van der Waals surface area contributed by atoms with Gasteiger partial charge in [0.25, 0.3) is 0 Å². The van der Waals surface area contributed by atoms with Crippen molar-refractivity contribution in [3.05, 3.63) is 17.6 Å². The fourth-order valence-corrected chi connectivity index (χ4v) is 2.68. The second-order valence-corrected chi connectivity index (χ2v) is 5.71. The molecule has 2 rings (SSSR count). The summed E-state index contributed by atoms with van der Waals surface area (Å²) in [5, 5.41) is 3.30. The van der Waals surface area contributed by atoms with Crippen molar-refractivity contribution in [3.63, 3.8) is 0 Å². The highest BCUT2D eigenvalue weighted by Gasteiger charge is 2.24. The maximum absolute atomic E-state index is 11.3. The van der Waals surface area contributed by atoms with E-state index in [4.69, 9.17) is 5.73 Å². The normalized spacial score (nSPS) is 19.4. The first-order valence-corrected chi connectivity index (χ1v) is 7.68. The number of nitrogens with two attached hydrogens (primary N) is 1. The van der Waals surface area contributed by atoms with Gasteiger partial charge < -0.3 is 11.1 Å². The van der Waals surface area contributed by atoms with E-state index in [1.165, 1.54) is 0 Å². The monoisotopic (exact) mass is 291 g/mol. The van der Waals surface area contributed by atoms with Gasteiger partial charge in [-0.05, 0) is 32.7 Å². The number of aryl methyl sites for hydroxylation is 1. The maximum Gasteiger partial charge on any atom is 0.221 e. The second-order valence-electron chi connectivity index (χ2n) is 5.71. The van der Waals surface area contributed by atoms with Gasteiger partial charge in [-0.1, -0.05) is 6.92 Å². The predicted octanol–water partition coefficient (Wildman–Crippen LogP) is 1.30. The zero-order valence-corrected chi connectivity index (χ0v) is 12.9. The number of carbonyl (C=O) groups excluding carboxylic acids is 1. The summed E-state index contributed by atoms with van der Waals surface area (Å²) in [5.74, 6) is 1.44. The van der Waals surface area contributed by atoms with Crippen molar-refractivity contribution in [2.24, 2.45) is 11.7 Å². The van der Waals surface area contributed by atoms with E-state index in [-0.39, 0.29) is 11.8 Å². The number of nitrogens with zero attached hydrogens (tertiary/aromatic N) is 3. The molecular weight excluding hydrogens is 266 g/mol. The molecule has 1 aromatic rings. The summed E-state index contributed by atoms with van der Waals surface area (Å²) < 4.78 is 0. The van der Waals surface area contributed by atoms with Crippen LogP contribution in [-0.4, -0.2) is 40.4 Å². The molecular formula is C15H25N5O. The number of amides is 1. The van der Waals surface area contributed by atoms with Crippen molar-refractivity contribution < 1.29 is 4.79 Å². The maximum atomic E-state index is 11.3. The molecule has 1 aliphatic rings. The van der Waals surface area contributed by atoms with Crippen molar-refractivity contribution in [2.75, 3.05) is 25.0 Å². The Morgan fingerprint density at radius 1 is 1.52 bits per heavy atom. The first-order valence-electron chi connectivity index (χ1n) is 7.68. The summed E-state index contributed by atoms with van der Waals surface area (Å²) in [6.45, 7) is 7.36. The van der Waals surface area contributed by atoms with Crippen molar-refractivity contribution >= 4 is 11.7 Å². The van der Waals surface area contributed by atoms with E-state index in [0.717, 1.165) is 49.7 Å². The van der Waals surface area contributed by atoms with E-state index in [1.807, 2.05) is 13.0 Å². The van der Waals surface area contributed by atoms with Crippen LogP contribution in [0.4, 0.5) is 5.82 Å². The zero-order chi connectivity index (χ0) is 15.2. The van der Waals surface area contributed by atoms with Crippen LogP contribution in [0, 0.1) is 12.8 Å². The first-order chi connectivity index (χ1) is 10.1. The Hall–Kier alpha value is -1.69. The van der Waals surface area contributed by atoms with Gasteiger partial charge in [-0.3, -0.25) is 9.69 Å². The predicted molar refractivity (Wildman–Crippen MR) is 82.7 cm³/mol. The van der Waals surface area contributed by atoms with Crippen molar-refractivity contribution in [1.82, 2.24) is 14.9 Å². The third-order valence-electron chi connectivity index (χ3n) is 3.73. The van der Waals surface area contributed by atoms with Crippen molar-refractivity contribution in [1.29, 1.82) is 0 Å². The Kier molecular flexibility index (Phi) is 5.50. The zero-order valence-electron chi connectivity index (χ0n) is 12.9. The minimum Gasteiger partial charge on any atom is -0.370 e. The Morgan fingerprint density at radius 3 is 3.05 bits per heavy atom. The molecule has 3 N–H and O–H groups in total. The summed E-state index contributed by atoms with van der Waals surface area (Å²) in [4.78, 5) is 22.6. The molecule has 1 fully saturated rings. The molecule has 21 heavy (non-hydrogen) atoms. The van der Waals surface area contributed by atoms with Gasteiger partial charge in [-0.25, -0.2) is 9.97 Å². The highest BCUT2D eigenvalue weighted by atomic mass is 16.1. The van der Waals surface area contributed by atoms with Crippen LogP contribution in [0.2, 0.25) is 0 Å². The Morgan fingerprint density at radius 2 is 2.33 bits per heavy atom. The van der Waals surface area contributed by atoms with Crippen LogP contribution in [0.3, 0.4) is 0 Å². The average Bonchev–Trinajstić information content (AvgIpc) is 2.45. The summed E-state index contributed by atoms with van der Waals surface area (Å²) in [7, 11) is 0. The molecule has 1 amide bonds. The number of likely N-dealkylation sites (tertiary alicyclic amines) is 1. The fraction of sp³-hybridized carbons (Fsp3) is 0.667. The molecule has 0 bridgehead atoms. The SMILES string of the molecule is CCCNc1cc(C)nc(CN2CCCC(C(N)=O)C2)n1. The van der Waals surface area contributed by atoms with Crippen molar-refractivity contribution in [2.45, 2.75) is 39.7 Å². The van der Waals surface area contributed by atoms with Crippen LogP contribution in [0.15, 0.2) is 6.07 Å². The van der Waals surface area contributed by atoms with E-state index >= 15 is 0 Å². The molecule has 1 atom stereocenters. The number of primary amides is 1. The van der Waals surface area contributed by atoms with Gasteiger partial charge in [0.05, 0.1) is 12.5 Å². The molecule has 1 aromatic heterocycles. The van der Waals surface area contributed by atoms with Crippen LogP contribution in [0.1, 0.15) is 37.7 Å². The van der Waals surface area contributed by atoms with Crippen LogP contribution < -0.4 is 11.1 Å².